The highest BCUT2D eigenvalue weighted by atomic mass is 35.5. The molecule has 7 nitrogen and oxygen atoms in total. The maximum Gasteiger partial charge on any atom is 0.309 e. The molecule has 3 aromatic rings. The SMILES string of the molecule is CCOC(=O)C1CCN(c2cc(C)nc3nc(-c4ccc(Cl)cc4)nn23)CC1. The van der Waals surface area contributed by atoms with E-state index in [0.29, 0.717) is 23.2 Å². The standard InChI is InChI=1S/C20H22ClN5O2/c1-3-28-19(27)15-8-10-25(11-9-15)17-12-13(2)22-20-23-18(24-26(17)20)14-4-6-16(21)7-5-14/h4-7,12,15H,3,8-11H2,1-2H3. The monoisotopic (exact) mass is 399 g/mol. The van der Waals surface area contributed by atoms with E-state index in [-0.39, 0.29) is 11.9 Å². The van der Waals surface area contributed by atoms with Crippen molar-refractivity contribution in [3.63, 3.8) is 0 Å². The lowest BCUT2D eigenvalue weighted by Gasteiger charge is -2.32. The zero-order chi connectivity index (χ0) is 19.7. The van der Waals surface area contributed by atoms with Crippen molar-refractivity contribution in [2.45, 2.75) is 26.7 Å². The molecule has 0 bridgehead atoms. The summed E-state index contributed by atoms with van der Waals surface area (Å²) >= 11 is 5.98. The predicted octanol–water partition coefficient (Wildman–Crippen LogP) is 3.53. The van der Waals surface area contributed by atoms with Crippen LogP contribution in [0.15, 0.2) is 30.3 Å². The number of anilines is 1. The lowest BCUT2D eigenvalue weighted by molar-refractivity contribution is -0.148. The van der Waals surface area contributed by atoms with Gasteiger partial charge in [0.2, 0.25) is 0 Å². The Bertz CT molecular complexity index is 994. The van der Waals surface area contributed by atoms with E-state index in [1.807, 2.05) is 44.2 Å². The predicted molar refractivity (Wildman–Crippen MR) is 108 cm³/mol. The first-order valence-electron chi connectivity index (χ1n) is 9.47. The van der Waals surface area contributed by atoms with Gasteiger partial charge < -0.3 is 9.64 Å². The van der Waals surface area contributed by atoms with Gasteiger partial charge in [0.05, 0.1) is 12.5 Å². The van der Waals surface area contributed by atoms with Crippen molar-refractivity contribution in [3.8, 4) is 11.4 Å². The van der Waals surface area contributed by atoms with Crippen LogP contribution in [0.25, 0.3) is 17.2 Å². The van der Waals surface area contributed by atoms with E-state index in [2.05, 4.69) is 20.0 Å². The van der Waals surface area contributed by atoms with Gasteiger partial charge >= 0.3 is 5.97 Å². The Hall–Kier alpha value is -2.67. The molecule has 0 atom stereocenters. The molecule has 1 aliphatic heterocycles. The first kappa shape index (κ1) is 18.7. The number of fused-ring (bicyclic) bond motifs is 1. The Balaban J connectivity index is 1.62. The molecule has 0 N–H and O–H groups in total. The summed E-state index contributed by atoms with van der Waals surface area (Å²) in [6.07, 6.45) is 1.53. The van der Waals surface area contributed by atoms with E-state index < -0.39 is 0 Å². The highest BCUT2D eigenvalue weighted by Gasteiger charge is 2.27. The number of benzene rings is 1. The number of nitrogens with zero attached hydrogens (tertiary/aromatic N) is 5. The number of aromatic nitrogens is 4. The molecule has 2 aromatic heterocycles. The Kier molecular flexibility index (Phi) is 5.17. The van der Waals surface area contributed by atoms with E-state index in [0.717, 1.165) is 43.0 Å². The first-order valence-corrected chi connectivity index (χ1v) is 9.85. The number of carbonyl (C=O) groups excluding carboxylic acids is 1. The van der Waals surface area contributed by atoms with Crippen LogP contribution in [0.4, 0.5) is 5.82 Å². The molecule has 0 amide bonds. The van der Waals surface area contributed by atoms with E-state index in [1.54, 1.807) is 4.52 Å². The van der Waals surface area contributed by atoms with Crippen LogP contribution in [0.3, 0.4) is 0 Å². The average molecular weight is 400 g/mol. The van der Waals surface area contributed by atoms with Crippen molar-refractivity contribution in [1.82, 2.24) is 19.6 Å². The molecule has 1 aliphatic rings. The van der Waals surface area contributed by atoms with Crippen molar-refractivity contribution < 1.29 is 9.53 Å². The Morgan fingerprint density at radius 2 is 1.93 bits per heavy atom. The summed E-state index contributed by atoms with van der Waals surface area (Å²) < 4.78 is 6.95. The van der Waals surface area contributed by atoms with Crippen LogP contribution >= 0.6 is 11.6 Å². The summed E-state index contributed by atoms with van der Waals surface area (Å²) in [5, 5.41) is 5.35. The molecule has 0 saturated carbocycles. The molecule has 0 aliphatic carbocycles. The van der Waals surface area contributed by atoms with Gasteiger partial charge in [0.15, 0.2) is 5.82 Å². The van der Waals surface area contributed by atoms with Crippen molar-refractivity contribution in [2.24, 2.45) is 5.92 Å². The highest BCUT2D eigenvalue weighted by Crippen LogP contribution is 2.26. The molecule has 4 rings (SSSR count). The van der Waals surface area contributed by atoms with Gasteiger partial charge in [-0.15, -0.1) is 5.10 Å². The summed E-state index contributed by atoms with van der Waals surface area (Å²) in [5.41, 5.74) is 1.77. The zero-order valence-electron chi connectivity index (χ0n) is 15.9. The maximum atomic E-state index is 12.0. The summed E-state index contributed by atoms with van der Waals surface area (Å²) in [7, 11) is 0. The Labute approximate surface area is 168 Å². The zero-order valence-corrected chi connectivity index (χ0v) is 16.7. The molecule has 28 heavy (non-hydrogen) atoms. The summed E-state index contributed by atoms with van der Waals surface area (Å²) in [4.78, 5) is 23.4. The third kappa shape index (κ3) is 3.67. The lowest BCUT2D eigenvalue weighted by atomic mass is 9.97. The van der Waals surface area contributed by atoms with Gasteiger partial charge in [-0.3, -0.25) is 4.79 Å². The topological polar surface area (TPSA) is 72.6 Å². The van der Waals surface area contributed by atoms with Crippen molar-refractivity contribution in [3.05, 3.63) is 41.0 Å². The van der Waals surface area contributed by atoms with Gasteiger partial charge in [-0.2, -0.15) is 9.50 Å². The van der Waals surface area contributed by atoms with Crippen molar-refractivity contribution >= 4 is 29.2 Å². The molecule has 1 aromatic carbocycles. The lowest BCUT2D eigenvalue weighted by Crippen LogP contribution is -2.38. The first-order chi connectivity index (χ1) is 13.5. The number of carbonyl (C=O) groups is 1. The fourth-order valence-electron chi connectivity index (χ4n) is 3.52. The van der Waals surface area contributed by atoms with Gasteiger partial charge in [0.25, 0.3) is 5.78 Å². The average Bonchev–Trinajstić information content (AvgIpc) is 3.12. The summed E-state index contributed by atoms with van der Waals surface area (Å²) in [6, 6.07) is 9.45. The quantitative estimate of drug-likeness (QED) is 0.625. The number of aryl methyl sites for hydroxylation is 1. The molecule has 8 heteroatoms. The van der Waals surface area contributed by atoms with E-state index in [4.69, 9.17) is 16.3 Å². The van der Waals surface area contributed by atoms with Crippen LogP contribution in [0.5, 0.6) is 0 Å². The fraction of sp³-hybridized carbons (Fsp3) is 0.400. The molecular formula is C20H22ClN5O2. The molecule has 1 fully saturated rings. The second kappa shape index (κ2) is 7.75. The number of piperidine rings is 1. The summed E-state index contributed by atoms with van der Waals surface area (Å²) in [6.45, 7) is 5.74. The number of esters is 1. The maximum absolute atomic E-state index is 12.0. The third-order valence-corrected chi connectivity index (χ3v) is 5.21. The minimum Gasteiger partial charge on any atom is -0.466 e. The third-order valence-electron chi connectivity index (χ3n) is 4.96. The van der Waals surface area contributed by atoms with E-state index >= 15 is 0 Å². The van der Waals surface area contributed by atoms with Crippen LogP contribution < -0.4 is 4.90 Å². The summed E-state index contributed by atoms with van der Waals surface area (Å²) in [5.74, 6) is 1.99. The van der Waals surface area contributed by atoms with E-state index in [1.165, 1.54) is 0 Å². The molecule has 3 heterocycles. The number of ether oxygens (including phenoxy) is 1. The van der Waals surface area contributed by atoms with Crippen LogP contribution in [0.1, 0.15) is 25.5 Å². The number of halogens is 1. The van der Waals surface area contributed by atoms with E-state index in [9.17, 15) is 4.79 Å². The van der Waals surface area contributed by atoms with Gasteiger partial charge in [-0.05, 0) is 51.0 Å². The Morgan fingerprint density at radius 3 is 2.61 bits per heavy atom. The largest absolute Gasteiger partial charge is 0.466 e. The molecule has 0 spiro atoms. The second-order valence-corrected chi connectivity index (χ2v) is 7.36. The second-order valence-electron chi connectivity index (χ2n) is 6.92. The van der Waals surface area contributed by atoms with Gasteiger partial charge in [0, 0.05) is 35.4 Å². The van der Waals surface area contributed by atoms with Crippen LogP contribution in [0, 0.1) is 12.8 Å². The number of hydrogen-bond donors (Lipinski definition) is 0. The van der Waals surface area contributed by atoms with Crippen LogP contribution in [-0.2, 0) is 9.53 Å². The molecule has 0 unspecified atom stereocenters. The minimum absolute atomic E-state index is 0.0324. The normalized spacial score (nSPS) is 15.2. The molecule has 146 valence electrons. The number of rotatable bonds is 4. The van der Waals surface area contributed by atoms with Gasteiger partial charge in [-0.1, -0.05) is 11.6 Å². The molecule has 1 saturated heterocycles. The van der Waals surface area contributed by atoms with Crippen LogP contribution in [-0.4, -0.2) is 45.2 Å². The van der Waals surface area contributed by atoms with Gasteiger partial charge in [-0.25, -0.2) is 4.98 Å². The van der Waals surface area contributed by atoms with Crippen molar-refractivity contribution in [1.29, 1.82) is 0 Å². The fourth-order valence-corrected chi connectivity index (χ4v) is 3.64. The molecular weight excluding hydrogens is 378 g/mol. The minimum atomic E-state index is -0.0935. The Morgan fingerprint density at radius 1 is 1.21 bits per heavy atom. The molecule has 0 radical (unpaired) electrons. The van der Waals surface area contributed by atoms with Crippen molar-refractivity contribution in [2.75, 3.05) is 24.6 Å². The number of hydrogen-bond acceptors (Lipinski definition) is 6. The van der Waals surface area contributed by atoms with Gasteiger partial charge in [0.1, 0.15) is 5.82 Å². The smallest absolute Gasteiger partial charge is 0.309 e. The van der Waals surface area contributed by atoms with Crippen LogP contribution in [0.2, 0.25) is 5.02 Å². The highest BCUT2D eigenvalue weighted by molar-refractivity contribution is 6.30.